The van der Waals surface area contributed by atoms with Crippen LogP contribution in [0.25, 0.3) is 0 Å². The van der Waals surface area contributed by atoms with Crippen LogP contribution in [0.15, 0.2) is 28.8 Å². The van der Waals surface area contributed by atoms with Crippen LogP contribution in [0.3, 0.4) is 0 Å². The lowest BCUT2D eigenvalue weighted by molar-refractivity contribution is 0.438. The summed E-state index contributed by atoms with van der Waals surface area (Å²) in [6, 6.07) is 0. The minimum absolute atomic E-state index is 0.397. The summed E-state index contributed by atoms with van der Waals surface area (Å²) in [5.74, 6) is 1.26. The predicted octanol–water partition coefficient (Wildman–Crippen LogP) is -0.920. The molecule has 0 bridgehead atoms. The highest BCUT2D eigenvalue weighted by Crippen LogP contribution is 2.20. The molecule has 0 aromatic heterocycles. The van der Waals surface area contributed by atoms with Crippen LogP contribution in [0.1, 0.15) is 0 Å². The van der Waals surface area contributed by atoms with Crippen LogP contribution in [0, 0.1) is 0 Å². The van der Waals surface area contributed by atoms with E-state index in [1.54, 1.807) is 0 Å². The highest BCUT2D eigenvalue weighted by atomic mass is 15.4. The maximum atomic E-state index is 5.53. The molecule has 4 N–H and O–H groups in total. The van der Waals surface area contributed by atoms with Crippen molar-refractivity contribution in [2.24, 2.45) is 10.7 Å². The van der Waals surface area contributed by atoms with Gasteiger partial charge in [0.25, 0.3) is 0 Å². The van der Waals surface area contributed by atoms with Crippen LogP contribution in [-0.4, -0.2) is 24.6 Å². The molecule has 0 spiro atoms. The molecule has 0 aliphatic carbocycles. The number of aliphatic imine (C=N–C) groups is 1. The van der Waals surface area contributed by atoms with Crippen molar-refractivity contribution in [2.45, 2.75) is 0 Å². The zero-order chi connectivity index (χ0) is 8.72. The highest BCUT2D eigenvalue weighted by Gasteiger charge is 2.24. The van der Waals surface area contributed by atoms with E-state index in [0.717, 1.165) is 23.9 Å². The fourth-order valence-electron chi connectivity index (χ4n) is 1.28. The Morgan fingerprint density at radius 1 is 1.67 bits per heavy atom. The molecule has 5 heteroatoms. The second-order valence-electron chi connectivity index (χ2n) is 2.83. The minimum Gasteiger partial charge on any atom is -0.369 e. The molecule has 5 nitrogen and oxygen atoms in total. The third kappa shape index (κ3) is 0.827. The van der Waals surface area contributed by atoms with Gasteiger partial charge in [-0.05, 0) is 0 Å². The van der Waals surface area contributed by atoms with E-state index in [2.05, 4.69) is 22.2 Å². The van der Waals surface area contributed by atoms with Gasteiger partial charge in [-0.1, -0.05) is 6.58 Å². The Balaban J connectivity index is 2.43. The van der Waals surface area contributed by atoms with Gasteiger partial charge in [-0.2, -0.15) is 4.99 Å². The second-order valence-corrected chi connectivity index (χ2v) is 2.83. The van der Waals surface area contributed by atoms with Gasteiger partial charge in [-0.3, -0.25) is 0 Å². The second kappa shape index (κ2) is 2.17. The molecule has 2 aliphatic heterocycles. The van der Waals surface area contributed by atoms with E-state index in [1.165, 1.54) is 0 Å². The molecule has 0 atom stereocenters. The Morgan fingerprint density at radius 2 is 2.42 bits per heavy atom. The lowest BCUT2D eigenvalue weighted by atomic mass is 10.3. The third-order valence-electron chi connectivity index (χ3n) is 1.89. The van der Waals surface area contributed by atoms with Gasteiger partial charge in [0, 0.05) is 7.05 Å². The quantitative estimate of drug-likeness (QED) is 0.434. The Bertz CT molecular complexity index is 301. The van der Waals surface area contributed by atoms with Crippen LogP contribution in [0.4, 0.5) is 0 Å². The first-order valence-electron chi connectivity index (χ1n) is 3.68. The molecule has 2 heterocycles. The lowest BCUT2D eigenvalue weighted by Crippen LogP contribution is -2.35. The summed E-state index contributed by atoms with van der Waals surface area (Å²) < 4.78 is 0. The first kappa shape index (κ1) is 7.02. The van der Waals surface area contributed by atoms with E-state index in [-0.39, 0.29) is 0 Å². The Morgan fingerprint density at radius 3 is 3.17 bits per heavy atom. The van der Waals surface area contributed by atoms with Crippen molar-refractivity contribution in [3.63, 3.8) is 0 Å². The summed E-state index contributed by atoms with van der Waals surface area (Å²) in [5.41, 5.74) is 7.25. The molecule has 0 aromatic rings. The predicted molar refractivity (Wildman–Crippen MR) is 46.7 cm³/mol. The van der Waals surface area contributed by atoms with Crippen molar-refractivity contribution in [3.8, 4) is 0 Å². The smallest absolute Gasteiger partial charge is 0.199 e. The Labute approximate surface area is 70.6 Å². The molecule has 2 aliphatic rings. The molecule has 2 rings (SSSR count). The van der Waals surface area contributed by atoms with Gasteiger partial charge >= 0.3 is 0 Å². The van der Waals surface area contributed by atoms with Crippen molar-refractivity contribution < 1.29 is 0 Å². The van der Waals surface area contributed by atoms with E-state index in [1.807, 2.05) is 11.9 Å². The van der Waals surface area contributed by atoms with Crippen LogP contribution >= 0.6 is 0 Å². The lowest BCUT2D eigenvalue weighted by Gasteiger charge is -2.17. The molecule has 0 unspecified atom stereocenters. The number of guanidine groups is 1. The van der Waals surface area contributed by atoms with Gasteiger partial charge in [0.2, 0.25) is 0 Å². The van der Waals surface area contributed by atoms with Gasteiger partial charge in [0.05, 0.1) is 12.4 Å². The normalized spacial score (nSPS) is 21.6. The molecule has 0 amide bonds. The van der Waals surface area contributed by atoms with Gasteiger partial charge in [-0.15, -0.1) is 0 Å². The molecular formula is C7H11N5. The summed E-state index contributed by atoms with van der Waals surface area (Å²) in [6.45, 7) is 4.57. The van der Waals surface area contributed by atoms with E-state index >= 15 is 0 Å². The van der Waals surface area contributed by atoms with Crippen LogP contribution in [0.2, 0.25) is 0 Å². The van der Waals surface area contributed by atoms with Crippen LogP contribution in [-0.2, 0) is 0 Å². The molecule has 12 heavy (non-hydrogen) atoms. The van der Waals surface area contributed by atoms with E-state index in [4.69, 9.17) is 5.73 Å². The molecule has 0 fully saturated rings. The Kier molecular flexibility index (Phi) is 1.27. The third-order valence-corrected chi connectivity index (χ3v) is 1.89. The summed E-state index contributed by atoms with van der Waals surface area (Å²) in [6.07, 6.45) is 0. The SMILES string of the molecule is C=C1NC(N)=NC2=C1NCN2C. The minimum atomic E-state index is 0.397. The number of rotatable bonds is 0. The topological polar surface area (TPSA) is 65.7 Å². The zero-order valence-electron chi connectivity index (χ0n) is 6.89. The number of hydrogen-bond donors (Lipinski definition) is 3. The summed E-state index contributed by atoms with van der Waals surface area (Å²) >= 11 is 0. The first-order chi connectivity index (χ1) is 5.68. The average molecular weight is 165 g/mol. The summed E-state index contributed by atoms with van der Waals surface area (Å²) in [5, 5.41) is 6.02. The summed E-state index contributed by atoms with van der Waals surface area (Å²) in [7, 11) is 1.95. The van der Waals surface area contributed by atoms with Gasteiger partial charge < -0.3 is 21.3 Å². The fourth-order valence-corrected chi connectivity index (χ4v) is 1.28. The largest absolute Gasteiger partial charge is 0.369 e. The van der Waals surface area contributed by atoms with E-state index in [0.29, 0.717) is 5.96 Å². The number of nitrogens with zero attached hydrogens (tertiary/aromatic N) is 2. The maximum absolute atomic E-state index is 5.53. The number of nitrogens with two attached hydrogens (primary N) is 1. The zero-order valence-corrected chi connectivity index (χ0v) is 6.89. The fraction of sp³-hybridized carbons (Fsp3) is 0.286. The number of nitrogens with one attached hydrogen (secondary N) is 2. The van der Waals surface area contributed by atoms with Gasteiger partial charge in [-0.25, -0.2) is 0 Å². The van der Waals surface area contributed by atoms with Crippen molar-refractivity contribution in [1.82, 2.24) is 15.5 Å². The molecule has 0 aromatic carbocycles. The standard InChI is InChI=1S/C7H11N5/c1-4-5-6(11-7(8)10-4)12(2)3-9-5/h9H,1,3H2,2H3,(H3,8,10,11). The van der Waals surface area contributed by atoms with Crippen molar-refractivity contribution in [1.29, 1.82) is 0 Å². The highest BCUT2D eigenvalue weighted by molar-refractivity contribution is 5.83. The Hall–Kier alpha value is -1.65. The average Bonchev–Trinajstić information content (AvgIpc) is 2.33. The molecule has 64 valence electrons. The van der Waals surface area contributed by atoms with Crippen molar-refractivity contribution in [3.05, 3.63) is 23.8 Å². The molecule has 0 saturated carbocycles. The number of hydrogen-bond acceptors (Lipinski definition) is 5. The van der Waals surface area contributed by atoms with Gasteiger partial charge in [0.15, 0.2) is 11.8 Å². The van der Waals surface area contributed by atoms with Crippen molar-refractivity contribution >= 4 is 5.96 Å². The monoisotopic (exact) mass is 165 g/mol. The maximum Gasteiger partial charge on any atom is 0.199 e. The van der Waals surface area contributed by atoms with Gasteiger partial charge in [0.1, 0.15) is 5.70 Å². The molecule has 0 saturated heterocycles. The van der Waals surface area contributed by atoms with E-state index in [9.17, 15) is 0 Å². The summed E-state index contributed by atoms with van der Waals surface area (Å²) in [4.78, 5) is 6.12. The molecular weight excluding hydrogens is 154 g/mol. The molecule has 0 radical (unpaired) electrons. The van der Waals surface area contributed by atoms with Crippen LogP contribution in [0.5, 0.6) is 0 Å². The van der Waals surface area contributed by atoms with E-state index < -0.39 is 0 Å². The van der Waals surface area contributed by atoms with Crippen LogP contribution < -0.4 is 16.4 Å². The first-order valence-corrected chi connectivity index (χ1v) is 3.68. The van der Waals surface area contributed by atoms with Crippen molar-refractivity contribution in [2.75, 3.05) is 13.7 Å².